The predicted molar refractivity (Wildman–Crippen MR) is 98.4 cm³/mol. The van der Waals surface area contributed by atoms with Crippen molar-refractivity contribution in [3.8, 4) is 5.75 Å². The zero-order valence-electron chi connectivity index (χ0n) is 15.1. The van der Waals surface area contributed by atoms with Crippen LogP contribution < -0.4 is 10.1 Å². The van der Waals surface area contributed by atoms with Crippen LogP contribution in [0.4, 0.5) is 5.69 Å². The molecule has 0 aromatic heterocycles. The Morgan fingerprint density at radius 3 is 2.56 bits per heavy atom. The number of sulfonamides is 1. The number of amides is 1. The molecule has 0 atom stereocenters. The molecule has 1 aromatic carbocycles. The minimum absolute atomic E-state index is 0.129. The van der Waals surface area contributed by atoms with Gasteiger partial charge in [0, 0.05) is 19.5 Å². The number of benzene rings is 1. The first-order valence-electron chi connectivity index (χ1n) is 9.06. The summed E-state index contributed by atoms with van der Waals surface area (Å²) in [5, 5.41) is 2.80. The topological polar surface area (TPSA) is 75.7 Å². The maximum absolute atomic E-state index is 12.8. The molecular formula is C18H28N2O4S. The van der Waals surface area contributed by atoms with Crippen molar-refractivity contribution in [2.75, 3.05) is 25.0 Å². The van der Waals surface area contributed by atoms with Gasteiger partial charge in [0.2, 0.25) is 15.9 Å². The molecule has 7 heteroatoms. The van der Waals surface area contributed by atoms with Gasteiger partial charge in [-0.2, -0.15) is 4.31 Å². The summed E-state index contributed by atoms with van der Waals surface area (Å²) in [5.41, 5.74) is 0.418. The van der Waals surface area contributed by atoms with E-state index < -0.39 is 10.0 Å². The molecule has 1 fully saturated rings. The van der Waals surface area contributed by atoms with Gasteiger partial charge in [-0.1, -0.05) is 19.8 Å². The predicted octanol–water partition coefficient (Wildman–Crippen LogP) is 3.39. The van der Waals surface area contributed by atoms with E-state index in [1.165, 1.54) is 10.4 Å². The Morgan fingerprint density at radius 1 is 1.20 bits per heavy atom. The molecule has 0 aliphatic carbocycles. The fourth-order valence-electron chi connectivity index (χ4n) is 2.85. The van der Waals surface area contributed by atoms with E-state index in [1.807, 2.05) is 13.8 Å². The van der Waals surface area contributed by atoms with Gasteiger partial charge in [-0.3, -0.25) is 4.79 Å². The summed E-state index contributed by atoms with van der Waals surface area (Å²) >= 11 is 0. The van der Waals surface area contributed by atoms with Crippen molar-refractivity contribution in [2.24, 2.45) is 0 Å². The summed E-state index contributed by atoms with van der Waals surface area (Å²) in [7, 11) is -3.54. The molecule has 6 nitrogen and oxygen atoms in total. The second-order valence-corrected chi connectivity index (χ2v) is 8.15. The number of piperidine rings is 1. The van der Waals surface area contributed by atoms with Gasteiger partial charge in [0.05, 0.1) is 17.2 Å². The number of nitrogens with zero attached hydrogens (tertiary/aromatic N) is 1. The van der Waals surface area contributed by atoms with Gasteiger partial charge in [0.15, 0.2) is 0 Å². The Labute approximate surface area is 150 Å². The lowest BCUT2D eigenvalue weighted by molar-refractivity contribution is -0.116. The van der Waals surface area contributed by atoms with Crippen LogP contribution in [0.2, 0.25) is 0 Å². The Kier molecular flexibility index (Phi) is 7.25. The van der Waals surface area contributed by atoms with Crippen molar-refractivity contribution in [2.45, 2.75) is 57.3 Å². The van der Waals surface area contributed by atoms with E-state index in [9.17, 15) is 13.2 Å². The average Bonchev–Trinajstić information content (AvgIpc) is 2.62. The summed E-state index contributed by atoms with van der Waals surface area (Å²) in [4.78, 5) is 12.3. The molecule has 140 valence electrons. The second kappa shape index (κ2) is 9.20. The number of ether oxygens (including phenoxy) is 1. The van der Waals surface area contributed by atoms with E-state index >= 15 is 0 Å². The molecule has 2 rings (SSSR count). The first kappa shape index (κ1) is 19.7. The van der Waals surface area contributed by atoms with Gasteiger partial charge in [-0.25, -0.2) is 8.42 Å². The molecule has 1 N–H and O–H groups in total. The fraction of sp³-hybridized carbons (Fsp3) is 0.611. The SMILES string of the molecule is CCCCC(=O)Nc1cc(S(=O)(=O)N2CCCCC2)ccc1OCC. The Bertz CT molecular complexity index is 682. The largest absolute Gasteiger partial charge is 0.492 e. The number of carbonyl (C=O) groups excluding carboxylic acids is 1. The van der Waals surface area contributed by atoms with Gasteiger partial charge >= 0.3 is 0 Å². The van der Waals surface area contributed by atoms with Crippen molar-refractivity contribution < 1.29 is 17.9 Å². The molecule has 0 unspecified atom stereocenters. The molecule has 1 aliphatic heterocycles. The Hall–Kier alpha value is -1.60. The van der Waals surface area contributed by atoms with Crippen LogP contribution in [0.15, 0.2) is 23.1 Å². The van der Waals surface area contributed by atoms with E-state index in [0.29, 0.717) is 37.6 Å². The van der Waals surface area contributed by atoms with E-state index in [-0.39, 0.29) is 10.8 Å². The van der Waals surface area contributed by atoms with Crippen LogP contribution in [0.25, 0.3) is 0 Å². The third kappa shape index (κ3) is 5.19. The monoisotopic (exact) mass is 368 g/mol. The van der Waals surface area contributed by atoms with Crippen LogP contribution in [0, 0.1) is 0 Å². The summed E-state index contributed by atoms with van der Waals surface area (Å²) in [6, 6.07) is 4.69. The molecule has 0 bridgehead atoms. The zero-order chi connectivity index (χ0) is 18.3. The molecule has 1 aliphatic rings. The van der Waals surface area contributed by atoms with E-state index in [0.717, 1.165) is 32.1 Å². The lowest BCUT2D eigenvalue weighted by Crippen LogP contribution is -2.35. The van der Waals surface area contributed by atoms with Crippen molar-refractivity contribution in [1.29, 1.82) is 0 Å². The molecule has 1 amide bonds. The molecule has 1 aromatic rings. The molecule has 1 heterocycles. The first-order chi connectivity index (χ1) is 12.0. The molecule has 25 heavy (non-hydrogen) atoms. The fourth-order valence-corrected chi connectivity index (χ4v) is 4.40. The number of carbonyl (C=O) groups is 1. The summed E-state index contributed by atoms with van der Waals surface area (Å²) in [6.07, 6.45) is 4.96. The lowest BCUT2D eigenvalue weighted by Gasteiger charge is -2.26. The molecule has 1 saturated heterocycles. The highest BCUT2D eigenvalue weighted by molar-refractivity contribution is 7.89. The van der Waals surface area contributed by atoms with Crippen molar-refractivity contribution >= 4 is 21.6 Å². The number of rotatable bonds is 8. The smallest absolute Gasteiger partial charge is 0.243 e. The van der Waals surface area contributed by atoms with Gasteiger partial charge in [-0.15, -0.1) is 0 Å². The molecular weight excluding hydrogens is 340 g/mol. The minimum Gasteiger partial charge on any atom is -0.492 e. The maximum atomic E-state index is 12.8. The molecule has 0 spiro atoms. The van der Waals surface area contributed by atoms with Crippen LogP contribution in [0.1, 0.15) is 52.4 Å². The summed E-state index contributed by atoms with van der Waals surface area (Å²) in [5.74, 6) is 0.361. The van der Waals surface area contributed by atoms with E-state index in [1.54, 1.807) is 12.1 Å². The maximum Gasteiger partial charge on any atom is 0.243 e. The highest BCUT2D eigenvalue weighted by Gasteiger charge is 2.27. The Balaban J connectivity index is 2.27. The normalized spacial score (nSPS) is 15.8. The van der Waals surface area contributed by atoms with Crippen LogP contribution in [0.5, 0.6) is 5.75 Å². The number of hydrogen-bond donors (Lipinski definition) is 1. The standard InChI is InChI=1S/C18H28N2O4S/c1-3-5-9-18(21)19-16-14-15(10-11-17(16)24-4-2)25(22,23)20-12-7-6-8-13-20/h10-11,14H,3-9,12-13H2,1-2H3,(H,19,21). The van der Waals surface area contributed by atoms with Crippen LogP contribution in [-0.2, 0) is 14.8 Å². The van der Waals surface area contributed by atoms with Crippen molar-refractivity contribution in [3.05, 3.63) is 18.2 Å². The second-order valence-electron chi connectivity index (χ2n) is 6.21. The zero-order valence-corrected chi connectivity index (χ0v) is 15.9. The summed E-state index contributed by atoms with van der Waals surface area (Å²) in [6.45, 7) is 5.41. The highest BCUT2D eigenvalue weighted by atomic mass is 32.2. The van der Waals surface area contributed by atoms with Crippen molar-refractivity contribution in [3.63, 3.8) is 0 Å². The van der Waals surface area contributed by atoms with E-state index in [4.69, 9.17) is 4.74 Å². The number of anilines is 1. The van der Waals surface area contributed by atoms with Crippen LogP contribution in [-0.4, -0.2) is 38.3 Å². The number of nitrogens with one attached hydrogen (secondary N) is 1. The van der Waals surface area contributed by atoms with E-state index in [2.05, 4.69) is 5.32 Å². The van der Waals surface area contributed by atoms with Gasteiger partial charge in [0.25, 0.3) is 0 Å². The quantitative estimate of drug-likeness (QED) is 0.763. The first-order valence-corrected chi connectivity index (χ1v) is 10.5. The van der Waals surface area contributed by atoms with Crippen molar-refractivity contribution in [1.82, 2.24) is 4.31 Å². The minimum atomic E-state index is -3.54. The van der Waals surface area contributed by atoms with Gasteiger partial charge in [-0.05, 0) is 44.4 Å². The third-order valence-corrected chi connectivity index (χ3v) is 6.13. The number of hydrogen-bond acceptors (Lipinski definition) is 4. The van der Waals surface area contributed by atoms with Gasteiger partial charge < -0.3 is 10.1 Å². The summed E-state index contributed by atoms with van der Waals surface area (Å²) < 4.78 is 32.7. The van der Waals surface area contributed by atoms with Crippen LogP contribution in [0.3, 0.4) is 0 Å². The molecule has 0 radical (unpaired) electrons. The highest BCUT2D eigenvalue weighted by Crippen LogP contribution is 2.30. The van der Waals surface area contributed by atoms with Crippen LogP contribution >= 0.6 is 0 Å². The van der Waals surface area contributed by atoms with Gasteiger partial charge in [0.1, 0.15) is 5.75 Å². The lowest BCUT2D eigenvalue weighted by atomic mass is 10.2. The average molecular weight is 368 g/mol. The number of unbranched alkanes of at least 4 members (excludes halogenated alkanes) is 1. The third-order valence-electron chi connectivity index (χ3n) is 4.24. The Morgan fingerprint density at radius 2 is 1.92 bits per heavy atom. The molecule has 0 saturated carbocycles.